The van der Waals surface area contributed by atoms with E-state index in [0.717, 1.165) is 0 Å². The van der Waals surface area contributed by atoms with E-state index in [-0.39, 0.29) is 36.9 Å². The molecular formula is C16H16ClFN2O3. The summed E-state index contributed by atoms with van der Waals surface area (Å²) in [6.07, 6.45) is 1.70. The molecule has 122 valence electrons. The van der Waals surface area contributed by atoms with Crippen LogP contribution >= 0.6 is 11.6 Å². The minimum atomic E-state index is -1.10. The Morgan fingerprint density at radius 3 is 2.78 bits per heavy atom. The van der Waals surface area contributed by atoms with Gasteiger partial charge in [-0.2, -0.15) is 0 Å². The summed E-state index contributed by atoms with van der Waals surface area (Å²) in [4.78, 5) is 15.1. The highest BCUT2D eigenvalue weighted by molar-refractivity contribution is 6.31. The highest BCUT2D eigenvalue weighted by Gasteiger charge is 2.16. The molecule has 23 heavy (non-hydrogen) atoms. The molecule has 0 bridgehead atoms. The van der Waals surface area contributed by atoms with Gasteiger partial charge in [0.2, 0.25) is 0 Å². The molecule has 1 unspecified atom stereocenters. The predicted molar refractivity (Wildman–Crippen MR) is 85.4 cm³/mol. The van der Waals surface area contributed by atoms with Crippen LogP contribution in [0.2, 0.25) is 5.02 Å². The summed E-state index contributed by atoms with van der Waals surface area (Å²) in [6, 6.07) is 7.37. The molecule has 1 aromatic carbocycles. The van der Waals surface area contributed by atoms with Crippen molar-refractivity contribution in [3.05, 3.63) is 58.5 Å². The quantitative estimate of drug-likeness (QED) is 0.723. The van der Waals surface area contributed by atoms with Crippen molar-refractivity contribution in [3.63, 3.8) is 0 Å². The lowest BCUT2D eigenvalue weighted by atomic mass is 9.99. The van der Waals surface area contributed by atoms with Gasteiger partial charge in [-0.25, -0.2) is 14.2 Å². The molecule has 7 heteroatoms. The SMILES string of the molecule is O=C(O)c1cccnc1NCC(CO)Cc1c(F)cccc1Cl. The molecule has 0 amide bonds. The van der Waals surface area contributed by atoms with Crippen LogP contribution in [0.4, 0.5) is 10.2 Å². The van der Waals surface area contributed by atoms with E-state index in [2.05, 4.69) is 10.3 Å². The summed E-state index contributed by atoms with van der Waals surface area (Å²) in [5, 5.41) is 21.8. The van der Waals surface area contributed by atoms with Crippen LogP contribution in [0.1, 0.15) is 15.9 Å². The van der Waals surface area contributed by atoms with E-state index in [9.17, 15) is 14.3 Å². The minimum Gasteiger partial charge on any atom is -0.478 e. The zero-order chi connectivity index (χ0) is 16.8. The fourth-order valence-corrected chi connectivity index (χ4v) is 2.42. The van der Waals surface area contributed by atoms with Crippen molar-refractivity contribution < 1.29 is 19.4 Å². The topological polar surface area (TPSA) is 82.5 Å². The lowest BCUT2D eigenvalue weighted by molar-refractivity contribution is 0.0697. The van der Waals surface area contributed by atoms with Gasteiger partial charge < -0.3 is 15.5 Å². The van der Waals surface area contributed by atoms with Crippen LogP contribution in [0.5, 0.6) is 0 Å². The number of benzene rings is 1. The third kappa shape index (κ3) is 4.40. The zero-order valence-corrected chi connectivity index (χ0v) is 12.9. The third-order valence-corrected chi connectivity index (χ3v) is 3.76. The van der Waals surface area contributed by atoms with Gasteiger partial charge in [0.05, 0.1) is 0 Å². The summed E-state index contributed by atoms with van der Waals surface area (Å²) in [6.45, 7) is 0.0331. The maximum absolute atomic E-state index is 13.8. The number of hydrogen-bond acceptors (Lipinski definition) is 4. The Balaban J connectivity index is 2.08. The highest BCUT2D eigenvalue weighted by Crippen LogP contribution is 2.22. The van der Waals surface area contributed by atoms with Crippen molar-refractivity contribution in [2.45, 2.75) is 6.42 Å². The monoisotopic (exact) mass is 338 g/mol. The summed E-state index contributed by atoms with van der Waals surface area (Å²) in [7, 11) is 0. The first kappa shape index (κ1) is 17.2. The number of hydrogen-bond donors (Lipinski definition) is 3. The van der Waals surface area contributed by atoms with Crippen LogP contribution in [0, 0.1) is 11.7 Å². The van der Waals surface area contributed by atoms with Crippen molar-refractivity contribution in [1.29, 1.82) is 0 Å². The third-order valence-electron chi connectivity index (χ3n) is 3.41. The largest absolute Gasteiger partial charge is 0.478 e. The van der Waals surface area contributed by atoms with Gasteiger partial charge in [0.1, 0.15) is 17.2 Å². The second kappa shape index (κ2) is 7.89. The highest BCUT2D eigenvalue weighted by atomic mass is 35.5. The number of carboxylic acids is 1. The standard InChI is InChI=1S/C16H16ClFN2O3/c17-13-4-1-5-14(18)12(13)7-10(9-21)8-20-15-11(16(22)23)3-2-6-19-15/h1-6,10,21H,7-9H2,(H,19,20)(H,22,23). The molecule has 3 N–H and O–H groups in total. The maximum atomic E-state index is 13.8. The first-order chi connectivity index (χ1) is 11.0. The van der Waals surface area contributed by atoms with Gasteiger partial charge in [-0.1, -0.05) is 17.7 Å². The van der Waals surface area contributed by atoms with Crippen molar-refractivity contribution in [1.82, 2.24) is 4.98 Å². The molecule has 0 aliphatic carbocycles. The van der Waals surface area contributed by atoms with E-state index < -0.39 is 11.8 Å². The molecule has 1 heterocycles. The molecule has 2 aromatic rings. The summed E-state index contributed by atoms with van der Waals surface area (Å²) < 4.78 is 13.8. The molecule has 0 aliphatic rings. The van der Waals surface area contributed by atoms with Crippen LogP contribution in [-0.2, 0) is 6.42 Å². The number of aromatic carboxylic acids is 1. The van der Waals surface area contributed by atoms with Crippen LogP contribution in [-0.4, -0.2) is 34.3 Å². The van der Waals surface area contributed by atoms with Gasteiger partial charge in [0.25, 0.3) is 0 Å². The molecule has 1 aromatic heterocycles. The Bertz CT molecular complexity index is 677. The van der Waals surface area contributed by atoms with E-state index in [1.807, 2.05) is 0 Å². The number of carbonyl (C=O) groups is 1. The van der Waals surface area contributed by atoms with Crippen molar-refractivity contribution in [2.75, 3.05) is 18.5 Å². The normalized spacial score (nSPS) is 12.0. The van der Waals surface area contributed by atoms with Gasteiger partial charge in [-0.3, -0.25) is 0 Å². The van der Waals surface area contributed by atoms with Crippen molar-refractivity contribution >= 4 is 23.4 Å². The first-order valence-electron chi connectivity index (χ1n) is 6.98. The van der Waals surface area contributed by atoms with Gasteiger partial charge in [0, 0.05) is 35.9 Å². The molecule has 1 atom stereocenters. The minimum absolute atomic E-state index is 0.0353. The number of aliphatic hydroxyl groups excluding tert-OH is 1. The Morgan fingerprint density at radius 1 is 1.35 bits per heavy atom. The number of carboxylic acid groups (broad SMARTS) is 1. The van der Waals surface area contributed by atoms with E-state index in [0.29, 0.717) is 10.6 Å². The van der Waals surface area contributed by atoms with Crippen LogP contribution in [0.25, 0.3) is 0 Å². The molecule has 2 rings (SSSR count). The fraction of sp³-hybridized carbons (Fsp3) is 0.250. The number of nitrogens with one attached hydrogen (secondary N) is 1. The first-order valence-corrected chi connectivity index (χ1v) is 7.36. The molecule has 0 fully saturated rings. The number of anilines is 1. The number of nitrogens with zero attached hydrogens (tertiary/aromatic N) is 1. The Kier molecular flexibility index (Phi) is 5.90. The van der Waals surface area contributed by atoms with Crippen molar-refractivity contribution in [3.8, 4) is 0 Å². The van der Waals surface area contributed by atoms with Gasteiger partial charge in [-0.15, -0.1) is 0 Å². The van der Waals surface area contributed by atoms with E-state index in [1.165, 1.54) is 30.5 Å². The predicted octanol–water partition coefficient (Wildman–Crippen LogP) is 2.84. The lowest BCUT2D eigenvalue weighted by Crippen LogP contribution is -2.22. The molecule has 0 radical (unpaired) electrons. The number of halogens is 2. The molecule has 0 aliphatic heterocycles. The number of aliphatic hydroxyl groups is 1. The molecule has 0 saturated heterocycles. The number of rotatable bonds is 7. The maximum Gasteiger partial charge on any atom is 0.339 e. The molecule has 5 nitrogen and oxygen atoms in total. The van der Waals surface area contributed by atoms with Gasteiger partial charge in [0.15, 0.2) is 0 Å². The second-order valence-corrected chi connectivity index (χ2v) is 5.45. The fourth-order valence-electron chi connectivity index (χ4n) is 2.18. The van der Waals surface area contributed by atoms with Crippen LogP contribution in [0.3, 0.4) is 0 Å². The molecular weight excluding hydrogens is 323 g/mol. The Labute approximate surface area is 137 Å². The van der Waals surface area contributed by atoms with E-state index in [1.54, 1.807) is 6.07 Å². The van der Waals surface area contributed by atoms with Crippen LogP contribution < -0.4 is 5.32 Å². The summed E-state index contributed by atoms with van der Waals surface area (Å²) >= 11 is 5.98. The smallest absolute Gasteiger partial charge is 0.339 e. The number of pyridine rings is 1. The van der Waals surface area contributed by atoms with Gasteiger partial charge in [-0.05, 0) is 30.7 Å². The van der Waals surface area contributed by atoms with E-state index in [4.69, 9.17) is 16.7 Å². The summed E-state index contributed by atoms with van der Waals surface area (Å²) in [5.74, 6) is -1.66. The Morgan fingerprint density at radius 2 is 2.13 bits per heavy atom. The average Bonchev–Trinajstić information content (AvgIpc) is 2.54. The average molecular weight is 339 g/mol. The molecule has 0 saturated carbocycles. The zero-order valence-electron chi connectivity index (χ0n) is 12.2. The number of aromatic nitrogens is 1. The summed E-state index contributed by atoms with van der Waals surface area (Å²) in [5.41, 5.74) is 0.364. The van der Waals surface area contributed by atoms with Crippen LogP contribution in [0.15, 0.2) is 36.5 Å². The second-order valence-electron chi connectivity index (χ2n) is 5.04. The van der Waals surface area contributed by atoms with Gasteiger partial charge >= 0.3 is 5.97 Å². The molecule has 0 spiro atoms. The Hall–Kier alpha value is -2.18. The van der Waals surface area contributed by atoms with Crippen molar-refractivity contribution in [2.24, 2.45) is 5.92 Å². The van der Waals surface area contributed by atoms with E-state index >= 15 is 0 Å². The lowest BCUT2D eigenvalue weighted by Gasteiger charge is -2.17.